The van der Waals surface area contributed by atoms with E-state index in [2.05, 4.69) is 0 Å². The number of hydrogen-bond acceptors (Lipinski definition) is 0. The number of halogens is 6. The SMILES string of the molecule is FC(F)(F)I.FC(F)=[Se]. The molecule has 0 amide bonds. The van der Waals surface area contributed by atoms with Crippen LogP contribution < -0.4 is 0 Å². The van der Waals surface area contributed by atoms with Crippen molar-refractivity contribution in [1.29, 1.82) is 0 Å². The van der Waals surface area contributed by atoms with Gasteiger partial charge >= 0.3 is 33.5 Å². The zero-order valence-electron chi connectivity index (χ0n) is 3.68. The minimum atomic E-state index is -4.03. The van der Waals surface area contributed by atoms with Crippen LogP contribution in [0.1, 0.15) is 0 Å². The predicted molar refractivity (Wildman–Crippen MR) is 33.1 cm³/mol. The molecule has 0 aromatic rings. The fraction of sp³-hybridized carbons (Fsp3) is 0.500. The van der Waals surface area contributed by atoms with E-state index in [0.717, 1.165) is 0 Å². The molecule has 0 aromatic carbocycles. The average Bonchev–Trinajstić information content (AvgIpc) is 1.19. The van der Waals surface area contributed by atoms with Gasteiger partial charge in [-0.3, -0.25) is 0 Å². The van der Waals surface area contributed by atoms with Gasteiger partial charge in [0.25, 0.3) is 0 Å². The van der Waals surface area contributed by atoms with Crippen molar-refractivity contribution >= 4 is 43.1 Å². The summed E-state index contributed by atoms with van der Waals surface area (Å²) in [4.78, 5) is -1.71. The van der Waals surface area contributed by atoms with E-state index < -0.39 is 9.11 Å². The molecule has 0 saturated carbocycles. The van der Waals surface area contributed by atoms with Crippen molar-refractivity contribution < 1.29 is 22.0 Å². The van der Waals surface area contributed by atoms with Crippen LogP contribution in [-0.2, 0) is 0 Å². The summed E-state index contributed by atoms with van der Waals surface area (Å²) in [6.45, 7) is 0. The molecular formula is C2F5ISe. The summed E-state index contributed by atoms with van der Waals surface area (Å²) in [7, 11) is 0. The molecule has 0 aliphatic heterocycles. The maximum absolute atomic E-state index is 10.3. The van der Waals surface area contributed by atoms with Crippen molar-refractivity contribution in [2.45, 2.75) is 4.18 Å². The van der Waals surface area contributed by atoms with Crippen LogP contribution >= 0.6 is 22.6 Å². The van der Waals surface area contributed by atoms with E-state index in [9.17, 15) is 22.0 Å². The zero-order valence-corrected chi connectivity index (χ0v) is 7.55. The molecule has 0 aliphatic rings. The van der Waals surface area contributed by atoms with E-state index in [0.29, 0.717) is 22.6 Å². The predicted octanol–water partition coefficient (Wildman–Crippen LogP) is 2.12. The van der Waals surface area contributed by atoms with Crippen molar-refractivity contribution in [2.75, 3.05) is 0 Å². The van der Waals surface area contributed by atoms with Gasteiger partial charge in [0, 0.05) is 22.6 Å². The topological polar surface area (TPSA) is 0 Å². The number of alkyl halides is 4. The maximum atomic E-state index is 10.3. The Bertz CT molecular complexity index is 77.4. The summed E-state index contributed by atoms with van der Waals surface area (Å²) in [5, 5.41) is 0. The molecule has 0 bridgehead atoms. The molecular weight excluding hydrogens is 325 g/mol. The first-order valence-corrected chi connectivity index (χ1v) is 3.27. The van der Waals surface area contributed by atoms with Crippen molar-refractivity contribution in [2.24, 2.45) is 0 Å². The molecule has 0 aromatic heterocycles. The third-order valence-corrected chi connectivity index (χ3v) is 0. The van der Waals surface area contributed by atoms with Crippen LogP contribution in [0.15, 0.2) is 0 Å². The second-order valence-electron chi connectivity index (χ2n) is 0.654. The van der Waals surface area contributed by atoms with Crippen LogP contribution in [0.3, 0.4) is 0 Å². The molecule has 0 nitrogen and oxygen atoms in total. The summed E-state index contributed by atoms with van der Waals surface area (Å²) in [5.41, 5.74) is 0. The normalized spacial score (nSPS) is 9.56. The molecule has 0 fully saturated rings. The van der Waals surface area contributed by atoms with Gasteiger partial charge in [-0.15, -0.1) is 0 Å². The van der Waals surface area contributed by atoms with Crippen molar-refractivity contribution in [3.63, 3.8) is 0 Å². The van der Waals surface area contributed by atoms with Gasteiger partial charge in [-0.05, 0) is 0 Å². The van der Waals surface area contributed by atoms with Gasteiger partial charge in [-0.25, -0.2) is 0 Å². The van der Waals surface area contributed by atoms with Crippen LogP contribution in [0.2, 0.25) is 0 Å². The quantitative estimate of drug-likeness (QED) is 0.277. The Morgan fingerprint density at radius 2 is 1.22 bits per heavy atom. The summed E-state index contributed by atoms with van der Waals surface area (Å²) in [5.74, 6) is 0. The fourth-order valence-electron chi connectivity index (χ4n) is 0. The Labute approximate surface area is 69.3 Å². The Kier molecular flexibility index (Phi) is 7.67. The molecule has 0 rings (SSSR count). The Balaban J connectivity index is 0. The first-order chi connectivity index (χ1) is 3.73. The van der Waals surface area contributed by atoms with Gasteiger partial charge in [0.2, 0.25) is 0 Å². The van der Waals surface area contributed by atoms with Gasteiger partial charge in [0.1, 0.15) is 0 Å². The Hall–Kier alpha value is 0.769. The van der Waals surface area contributed by atoms with E-state index in [1.54, 1.807) is 0 Å². The van der Waals surface area contributed by atoms with Gasteiger partial charge in [0.05, 0.1) is 0 Å². The van der Waals surface area contributed by atoms with Gasteiger partial charge in [-0.1, -0.05) is 0 Å². The number of rotatable bonds is 0. The van der Waals surface area contributed by atoms with Crippen LogP contribution in [0.5, 0.6) is 0 Å². The molecule has 0 unspecified atom stereocenters. The second-order valence-corrected chi connectivity index (χ2v) is 2.52. The fourth-order valence-corrected chi connectivity index (χ4v) is 0. The summed E-state index contributed by atoms with van der Waals surface area (Å²) >= 11 is 1.86. The standard InChI is InChI=1S/CF3I.CF2Se/c2-1(3,4)5;2-1(3)4. The van der Waals surface area contributed by atoms with E-state index in [1.807, 2.05) is 0 Å². The third kappa shape index (κ3) is 679. The first-order valence-electron chi connectivity index (χ1n) is 1.34. The summed E-state index contributed by atoms with van der Waals surface area (Å²) < 4.78 is 47.4. The first kappa shape index (κ1) is 12.4. The van der Waals surface area contributed by atoms with Crippen LogP contribution in [0.4, 0.5) is 22.0 Å². The van der Waals surface area contributed by atoms with E-state index in [-0.39, 0.29) is 0 Å². The molecule has 9 heavy (non-hydrogen) atoms. The molecule has 0 heterocycles. The summed E-state index contributed by atoms with van der Waals surface area (Å²) in [6, 6.07) is 0. The third-order valence-electron chi connectivity index (χ3n) is 0. The molecule has 0 spiro atoms. The molecule has 56 valence electrons. The summed E-state index contributed by atoms with van der Waals surface area (Å²) in [6.07, 6.45) is 0. The number of hydrogen-bond donors (Lipinski definition) is 0. The molecule has 0 atom stereocenters. The zero-order chi connectivity index (χ0) is 8.08. The van der Waals surface area contributed by atoms with Crippen molar-refractivity contribution in [3.05, 3.63) is 0 Å². The average molecular weight is 325 g/mol. The van der Waals surface area contributed by atoms with Crippen LogP contribution in [0.25, 0.3) is 0 Å². The molecule has 0 saturated heterocycles. The van der Waals surface area contributed by atoms with Gasteiger partial charge in [0.15, 0.2) is 0 Å². The van der Waals surface area contributed by atoms with Gasteiger partial charge < -0.3 is 0 Å². The van der Waals surface area contributed by atoms with E-state index >= 15 is 0 Å². The van der Waals surface area contributed by atoms with E-state index in [1.165, 1.54) is 15.6 Å². The monoisotopic (exact) mass is 326 g/mol. The van der Waals surface area contributed by atoms with Gasteiger partial charge in [-0.2, -0.15) is 13.2 Å². The second kappa shape index (κ2) is 5.55. The molecule has 7 heteroatoms. The molecule has 0 aliphatic carbocycles. The Morgan fingerprint density at radius 1 is 1.22 bits per heavy atom. The van der Waals surface area contributed by atoms with Crippen molar-refractivity contribution in [1.82, 2.24) is 0 Å². The Morgan fingerprint density at radius 3 is 1.22 bits per heavy atom. The minimum absolute atomic E-state index is 0.378. The van der Waals surface area contributed by atoms with Crippen LogP contribution in [0, 0.1) is 0 Å². The van der Waals surface area contributed by atoms with Crippen molar-refractivity contribution in [3.8, 4) is 0 Å². The van der Waals surface area contributed by atoms with E-state index in [4.69, 9.17) is 0 Å². The molecule has 0 radical (unpaired) electrons. The molecule has 0 N–H and O–H groups in total. The van der Waals surface area contributed by atoms with Crippen LogP contribution in [-0.4, -0.2) is 24.7 Å².